The molecule has 0 bridgehead atoms. The molecule has 3 heteroatoms. The minimum Gasteiger partial charge on any atom is -0.388 e. The first-order chi connectivity index (χ1) is 5.15. The molecule has 0 fully saturated rings. The molecule has 0 saturated carbocycles. The Morgan fingerprint density at radius 2 is 1.36 bits per heavy atom. The van der Waals surface area contributed by atoms with E-state index in [-0.39, 0.29) is 5.84 Å². The zero-order chi connectivity index (χ0) is 9.70. The van der Waals surface area contributed by atoms with Crippen molar-refractivity contribution in [2.24, 2.45) is 11.5 Å². The Balaban J connectivity index is -0.0000000965. The van der Waals surface area contributed by atoms with Crippen molar-refractivity contribution in [3.05, 3.63) is 0 Å². The number of amidine groups is 1. The molecule has 0 rings (SSSR count). The van der Waals surface area contributed by atoms with Crippen LogP contribution in [0.5, 0.6) is 0 Å². The van der Waals surface area contributed by atoms with E-state index in [1.165, 1.54) is 33.2 Å². The molecule has 0 aromatic carbocycles. The second-order valence-corrected chi connectivity index (χ2v) is 2.04. The average Bonchev–Trinajstić information content (AvgIpc) is 1.93. The first-order valence-corrected chi connectivity index (χ1v) is 4.03. The molecular formula is C8H23N3. The van der Waals surface area contributed by atoms with Gasteiger partial charge in [0.15, 0.2) is 0 Å². The first-order valence-electron chi connectivity index (χ1n) is 4.03. The molecule has 0 saturated heterocycles. The third-order valence-corrected chi connectivity index (χ3v) is 0.707. The van der Waals surface area contributed by atoms with Crippen LogP contribution in [0, 0.1) is 5.41 Å². The summed E-state index contributed by atoms with van der Waals surface area (Å²) in [5.74, 6) is 0.167. The fourth-order valence-corrected chi connectivity index (χ4v) is 0.354. The van der Waals surface area contributed by atoms with Crippen LogP contribution >= 0.6 is 0 Å². The van der Waals surface area contributed by atoms with Gasteiger partial charge in [0, 0.05) is 0 Å². The van der Waals surface area contributed by atoms with Gasteiger partial charge in [-0.2, -0.15) is 0 Å². The lowest BCUT2D eigenvalue weighted by molar-refractivity contribution is 0.772. The summed E-state index contributed by atoms with van der Waals surface area (Å²) in [6, 6.07) is 0. The second-order valence-electron chi connectivity index (χ2n) is 2.04. The largest absolute Gasteiger partial charge is 0.388 e. The Hall–Kier alpha value is -0.570. The maximum absolute atomic E-state index is 6.28. The van der Waals surface area contributed by atoms with E-state index < -0.39 is 0 Å². The molecule has 0 atom stereocenters. The fourth-order valence-electron chi connectivity index (χ4n) is 0.354. The summed E-state index contributed by atoms with van der Waals surface area (Å²) in [5.41, 5.74) is 9.19. The molecule has 0 aliphatic rings. The predicted molar refractivity (Wildman–Crippen MR) is 52.9 cm³/mol. The van der Waals surface area contributed by atoms with Gasteiger partial charge in [-0.1, -0.05) is 33.1 Å². The van der Waals surface area contributed by atoms with Gasteiger partial charge in [0.05, 0.1) is 5.84 Å². The van der Waals surface area contributed by atoms with Crippen molar-refractivity contribution in [2.75, 3.05) is 7.05 Å². The van der Waals surface area contributed by atoms with Crippen molar-refractivity contribution in [3.8, 4) is 0 Å². The summed E-state index contributed by atoms with van der Waals surface area (Å²) < 4.78 is 0. The van der Waals surface area contributed by atoms with Crippen molar-refractivity contribution in [1.82, 2.24) is 0 Å². The van der Waals surface area contributed by atoms with E-state index in [1.807, 2.05) is 0 Å². The maximum atomic E-state index is 6.28. The van der Waals surface area contributed by atoms with E-state index >= 15 is 0 Å². The summed E-state index contributed by atoms with van der Waals surface area (Å²) in [4.78, 5) is 0. The highest BCUT2D eigenvalue weighted by Crippen LogP contribution is 1.88. The van der Waals surface area contributed by atoms with Crippen LogP contribution in [-0.4, -0.2) is 12.9 Å². The molecule has 11 heavy (non-hydrogen) atoms. The van der Waals surface area contributed by atoms with E-state index in [4.69, 9.17) is 11.1 Å². The van der Waals surface area contributed by atoms with Crippen LogP contribution in [0.4, 0.5) is 0 Å². The minimum absolute atomic E-state index is 0.167. The number of nitrogens with one attached hydrogen (secondary N) is 1. The third kappa shape index (κ3) is 255. The molecule has 70 valence electrons. The molecule has 0 spiro atoms. The van der Waals surface area contributed by atoms with Crippen molar-refractivity contribution in [3.63, 3.8) is 0 Å². The molecule has 0 amide bonds. The van der Waals surface area contributed by atoms with Gasteiger partial charge in [0.2, 0.25) is 0 Å². The van der Waals surface area contributed by atoms with Gasteiger partial charge in [-0.05, 0) is 14.0 Å². The summed E-state index contributed by atoms with van der Waals surface area (Å²) in [5, 5.41) is 6.28. The smallest absolute Gasteiger partial charge is 0.0873 e. The topological polar surface area (TPSA) is 75.9 Å². The third-order valence-electron chi connectivity index (χ3n) is 0.707. The Morgan fingerprint density at radius 1 is 1.18 bits per heavy atom. The summed E-state index contributed by atoms with van der Waals surface area (Å²) in [6.07, 6.45) is 4.08. The lowest BCUT2D eigenvalue weighted by Gasteiger charge is -1.79. The Labute approximate surface area is 70.7 Å². The van der Waals surface area contributed by atoms with Crippen molar-refractivity contribution in [1.29, 1.82) is 5.41 Å². The average molecular weight is 161 g/mol. The first kappa shape index (κ1) is 16.8. The van der Waals surface area contributed by atoms with Crippen LogP contribution < -0.4 is 11.5 Å². The molecule has 3 nitrogen and oxygen atoms in total. The van der Waals surface area contributed by atoms with Crippen LogP contribution in [0.2, 0.25) is 0 Å². The highest BCUT2D eigenvalue weighted by atomic mass is 14.7. The molecule has 0 aromatic heterocycles. The quantitative estimate of drug-likeness (QED) is 0.426. The van der Waals surface area contributed by atoms with Crippen molar-refractivity contribution >= 4 is 5.84 Å². The second kappa shape index (κ2) is 22.7. The number of rotatable bonds is 2. The molecule has 0 heterocycles. The van der Waals surface area contributed by atoms with Crippen LogP contribution in [0.25, 0.3) is 0 Å². The van der Waals surface area contributed by atoms with Gasteiger partial charge < -0.3 is 11.5 Å². The normalized spacial score (nSPS) is 6.64. The van der Waals surface area contributed by atoms with Gasteiger partial charge in [0.25, 0.3) is 0 Å². The van der Waals surface area contributed by atoms with Crippen LogP contribution in [0.3, 0.4) is 0 Å². The molecular weight excluding hydrogens is 138 g/mol. The summed E-state index contributed by atoms with van der Waals surface area (Å²) in [6.45, 7) is 5.95. The van der Waals surface area contributed by atoms with Crippen LogP contribution in [0.1, 0.15) is 40.0 Å². The monoisotopic (exact) mass is 161 g/mol. The van der Waals surface area contributed by atoms with Crippen molar-refractivity contribution in [2.45, 2.75) is 40.0 Å². The zero-order valence-electron chi connectivity index (χ0n) is 8.28. The molecule has 0 unspecified atom stereocenters. The summed E-state index contributed by atoms with van der Waals surface area (Å²) in [7, 11) is 1.50. The standard InChI is InChI=1S/C5H12.C2H6N2.CH5N/c1-3-5-4-2;1-2(3)4;1-2/h3-5H2,1-2H3;1H3,(H3,3,4);2H2,1H3. The fraction of sp³-hybridized carbons (Fsp3) is 0.875. The van der Waals surface area contributed by atoms with Crippen molar-refractivity contribution < 1.29 is 0 Å². The number of nitrogens with two attached hydrogens (primary N) is 2. The molecule has 0 aliphatic carbocycles. The molecule has 5 N–H and O–H groups in total. The Morgan fingerprint density at radius 3 is 1.36 bits per heavy atom. The number of hydrogen-bond acceptors (Lipinski definition) is 2. The Kier molecular flexibility index (Phi) is 34.7. The van der Waals surface area contributed by atoms with E-state index in [9.17, 15) is 0 Å². The maximum Gasteiger partial charge on any atom is 0.0873 e. The van der Waals surface area contributed by atoms with Crippen LogP contribution in [0.15, 0.2) is 0 Å². The van der Waals surface area contributed by atoms with Gasteiger partial charge >= 0.3 is 0 Å². The Bertz CT molecular complexity index is 56.4. The minimum atomic E-state index is 0.167. The van der Waals surface area contributed by atoms with Gasteiger partial charge in [-0.3, -0.25) is 5.41 Å². The van der Waals surface area contributed by atoms with E-state index in [1.54, 1.807) is 0 Å². The van der Waals surface area contributed by atoms with Gasteiger partial charge in [-0.15, -0.1) is 0 Å². The molecule has 0 aromatic rings. The highest BCUT2D eigenvalue weighted by Gasteiger charge is 1.68. The zero-order valence-corrected chi connectivity index (χ0v) is 8.28. The SMILES string of the molecule is CC(=N)N.CCCCC.CN. The molecule has 0 radical (unpaired) electrons. The van der Waals surface area contributed by atoms with E-state index in [2.05, 4.69) is 19.6 Å². The number of hydrogen-bond donors (Lipinski definition) is 3. The van der Waals surface area contributed by atoms with Crippen LogP contribution in [-0.2, 0) is 0 Å². The highest BCUT2D eigenvalue weighted by molar-refractivity contribution is 5.73. The molecule has 0 aliphatic heterocycles. The van der Waals surface area contributed by atoms with Gasteiger partial charge in [0.1, 0.15) is 0 Å². The predicted octanol–water partition coefficient (Wildman–Crippen LogP) is 1.71. The van der Waals surface area contributed by atoms with Gasteiger partial charge in [-0.25, -0.2) is 0 Å². The summed E-state index contributed by atoms with van der Waals surface area (Å²) >= 11 is 0. The van der Waals surface area contributed by atoms with E-state index in [0.29, 0.717) is 0 Å². The number of unbranched alkanes of at least 4 members (excludes halogenated alkanes) is 2. The lowest BCUT2D eigenvalue weighted by atomic mass is 10.3. The lowest BCUT2D eigenvalue weighted by Crippen LogP contribution is -2.00. The van der Waals surface area contributed by atoms with E-state index in [0.717, 1.165) is 0 Å².